The van der Waals surface area contributed by atoms with Crippen molar-refractivity contribution in [3.05, 3.63) is 59.7 Å². The molecular weight excluding hydrogens is 244 g/mol. The predicted molar refractivity (Wildman–Crippen MR) is 73.8 cm³/mol. The van der Waals surface area contributed by atoms with Gasteiger partial charge in [0.15, 0.2) is 0 Å². The van der Waals surface area contributed by atoms with Gasteiger partial charge >= 0.3 is 0 Å². The van der Waals surface area contributed by atoms with Crippen LogP contribution >= 0.6 is 0 Å². The second-order valence-electron chi connectivity index (χ2n) is 4.46. The number of nitrogens with one attached hydrogen (secondary N) is 1. The number of hydrogen-bond acceptors (Lipinski definition) is 1. The highest BCUT2D eigenvalue weighted by Crippen LogP contribution is 2.24. The zero-order valence-electron chi connectivity index (χ0n) is 10.9. The molecule has 0 heterocycles. The van der Waals surface area contributed by atoms with E-state index in [9.17, 15) is 8.78 Å². The molecule has 19 heavy (non-hydrogen) atoms. The first-order valence-corrected chi connectivity index (χ1v) is 6.46. The molecule has 0 saturated heterocycles. The summed E-state index contributed by atoms with van der Waals surface area (Å²) in [5, 5.41) is 3.15. The predicted octanol–water partition coefficient (Wildman–Crippen LogP) is 4.13. The maximum atomic E-state index is 13.7. The second-order valence-corrected chi connectivity index (χ2v) is 4.46. The Morgan fingerprint density at radius 1 is 1.00 bits per heavy atom. The van der Waals surface area contributed by atoms with E-state index in [0.29, 0.717) is 23.2 Å². The highest BCUT2D eigenvalue weighted by molar-refractivity contribution is 5.64. The Labute approximate surface area is 112 Å². The van der Waals surface area contributed by atoms with Crippen LogP contribution in [-0.2, 0) is 6.54 Å². The topological polar surface area (TPSA) is 12.0 Å². The third-order valence-corrected chi connectivity index (χ3v) is 2.97. The molecule has 0 bridgehead atoms. The van der Waals surface area contributed by atoms with Crippen molar-refractivity contribution >= 4 is 0 Å². The summed E-state index contributed by atoms with van der Waals surface area (Å²) in [6.45, 7) is 3.35. The van der Waals surface area contributed by atoms with Crippen LogP contribution in [0.5, 0.6) is 0 Å². The standard InChI is InChI=1S/C16H17F2N/c1-2-9-19-11-13-10-12(7-8-15(13)17)14-5-3-4-6-16(14)18/h3-8,10,19H,2,9,11H2,1H3. The van der Waals surface area contributed by atoms with Gasteiger partial charge in [0.05, 0.1) is 0 Å². The Balaban J connectivity index is 2.28. The van der Waals surface area contributed by atoms with E-state index in [-0.39, 0.29) is 11.6 Å². The van der Waals surface area contributed by atoms with E-state index in [2.05, 4.69) is 12.2 Å². The summed E-state index contributed by atoms with van der Waals surface area (Å²) in [6, 6.07) is 11.2. The summed E-state index contributed by atoms with van der Waals surface area (Å²) in [5.74, 6) is -0.551. The van der Waals surface area contributed by atoms with Crippen molar-refractivity contribution in [2.24, 2.45) is 0 Å². The van der Waals surface area contributed by atoms with Crippen LogP contribution in [0.3, 0.4) is 0 Å². The fraction of sp³-hybridized carbons (Fsp3) is 0.250. The Hall–Kier alpha value is -1.74. The van der Waals surface area contributed by atoms with Crippen molar-refractivity contribution in [2.75, 3.05) is 6.54 Å². The van der Waals surface area contributed by atoms with Gasteiger partial charge < -0.3 is 5.32 Å². The molecule has 2 aromatic carbocycles. The van der Waals surface area contributed by atoms with Crippen molar-refractivity contribution in [3.8, 4) is 11.1 Å². The van der Waals surface area contributed by atoms with E-state index in [1.54, 1.807) is 30.3 Å². The average molecular weight is 261 g/mol. The molecule has 2 rings (SSSR count). The lowest BCUT2D eigenvalue weighted by molar-refractivity contribution is 0.586. The molecule has 0 aliphatic heterocycles. The fourth-order valence-corrected chi connectivity index (χ4v) is 1.97. The molecule has 3 heteroatoms. The van der Waals surface area contributed by atoms with Gasteiger partial charge in [0.2, 0.25) is 0 Å². The summed E-state index contributed by atoms with van der Waals surface area (Å²) >= 11 is 0. The molecule has 1 N–H and O–H groups in total. The molecule has 0 saturated carbocycles. The van der Waals surface area contributed by atoms with Gasteiger partial charge in [0.25, 0.3) is 0 Å². The van der Waals surface area contributed by atoms with E-state index in [4.69, 9.17) is 0 Å². The quantitative estimate of drug-likeness (QED) is 0.798. The minimum atomic E-state index is -0.290. The lowest BCUT2D eigenvalue weighted by atomic mass is 10.0. The Morgan fingerprint density at radius 3 is 2.53 bits per heavy atom. The summed E-state index contributed by atoms with van der Waals surface area (Å²) in [6.07, 6.45) is 0.995. The van der Waals surface area contributed by atoms with E-state index < -0.39 is 0 Å². The maximum Gasteiger partial charge on any atom is 0.131 e. The van der Waals surface area contributed by atoms with Gasteiger partial charge in [0, 0.05) is 17.7 Å². The summed E-state index contributed by atoms with van der Waals surface area (Å²) in [5.41, 5.74) is 1.77. The smallest absolute Gasteiger partial charge is 0.131 e. The molecule has 0 aliphatic rings. The zero-order valence-corrected chi connectivity index (χ0v) is 10.9. The largest absolute Gasteiger partial charge is 0.313 e. The van der Waals surface area contributed by atoms with Crippen LogP contribution in [0.25, 0.3) is 11.1 Å². The first-order valence-electron chi connectivity index (χ1n) is 6.46. The van der Waals surface area contributed by atoms with Crippen molar-refractivity contribution in [1.82, 2.24) is 5.32 Å². The van der Waals surface area contributed by atoms with Gasteiger partial charge in [-0.1, -0.05) is 31.2 Å². The van der Waals surface area contributed by atoms with Crippen molar-refractivity contribution in [3.63, 3.8) is 0 Å². The molecule has 0 aromatic heterocycles. The Morgan fingerprint density at radius 2 is 1.79 bits per heavy atom. The van der Waals surface area contributed by atoms with Crippen LogP contribution in [0.1, 0.15) is 18.9 Å². The monoisotopic (exact) mass is 261 g/mol. The van der Waals surface area contributed by atoms with E-state index in [1.165, 1.54) is 12.1 Å². The van der Waals surface area contributed by atoms with E-state index >= 15 is 0 Å². The molecule has 0 spiro atoms. The third-order valence-electron chi connectivity index (χ3n) is 2.97. The van der Waals surface area contributed by atoms with Crippen LogP contribution in [0.4, 0.5) is 8.78 Å². The van der Waals surface area contributed by atoms with Crippen molar-refractivity contribution < 1.29 is 8.78 Å². The molecule has 100 valence electrons. The van der Waals surface area contributed by atoms with Gasteiger partial charge in [-0.25, -0.2) is 8.78 Å². The number of benzene rings is 2. The third kappa shape index (κ3) is 3.38. The number of hydrogen-bond donors (Lipinski definition) is 1. The molecule has 0 amide bonds. The number of rotatable bonds is 5. The first kappa shape index (κ1) is 13.7. The Kier molecular flexibility index (Phi) is 4.63. The van der Waals surface area contributed by atoms with Crippen LogP contribution < -0.4 is 5.32 Å². The first-order chi connectivity index (χ1) is 9.22. The zero-order chi connectivity index (χ0) is 13.7. The molecule has 0 unspecified atom stereocenters. The highest BCUT2D eigenvalue weighted by Gasteiger charge is 2.08. The lowest BCUT2D eigenvalue weighted by Gasteiger charge is -2.09. The summed E-state index contributed by atoms with van der Waals surface area (Å²) in [4.78, 5) is 0. The molecule has 2 aromatic rings. The average Bonchev–Trinajstić information content (AvgIpc) is 2.42. The van der Waals surface area contributed by atoms with Gasteiger partial charge in [-0.3, -0.25) is 0 Å². The van der Waals surface area contributed by atoms with Crippen LogP contribution in [0, 0.1) is 11.6 Å². The van der Waals surface area contributed by atoms with Gasteiger partial charge in [-0.15, -0.1) is 0 Å². The normalized spacial score (nSPS) is 10.7. The minimum absolute atomic E-state index is 0.260. The minimum Gasteiger partial charge on any atom is -0.313 e. The molecule has 0 fully saturated rings. The lowest BCUT2D eigenvalue weighted by Crippen LogP contribution is -2.14. The molecule has 0 aliphatic carbocycles. The maximum absolute atomic E-state index is 13.7. The van der Waals surface area contributed by atoms with Gasteiger partial charge in [-0.05, 0) is 36.7 Å². The molecule has 1 nitrogen and oxygen atoms in total. The van der Waals surface area contributed by atoms with Crippen LogP contribution in [0.2, 0.25) is 0 Å². The highest BCUT2D eigenvalue weighted by atomic mass is 19.1. The SMILES string of the molecule is CCCNCc1cc(-c2ccccc2F)ccc1F. The van der Waals surface area contributed by atoms with E-state index in [1.807, 2.05) is 0 Å². The fourth-order valence-electron chi connectivity index (χ4n) is 1.97. The summed E-state index contributed by atoms with van der Waals surface area (Å²) < 4.78 is 27.4. The van der Waals surface area contributed by atoms with Crippen LogP contribution in [0.15, 0.2) is 42.5 Å². The van der Waals surface area contributed by atoms with Gasteiger partial charge in [-0.2, -0.15) is 0 Å². The second kappa shape index (κ2) is 6.43. The summed E-state index contributed by atoms with van der Waals surface area (Å²) in [7, 11) is 0. The van der Waals surface area contributed by atoms with Crippen LogP contribution in [-0.4, -0.2) is 6.54 Å². The van der Waals surface area contributed by atoms with Crippen molar-refractivity contribution in [1.29, 1.82) is 0 Å². The van der Waals surface area contributed by atoms with Crippen molar-refractivity contribution in [2.45, 2.75) is 19.9 Å². The Bertz CT molecular complexity index is 552. The molecule has 0 radical (unpaired) electrons. The molecule has 0 atom stereocenters. The number of halogens is 2. The molecular formula is C16H17F2N. The van der Waals surface area contributed by atoms with Gasteiger partial charge in [0.1, 0.15) is 11.6 Å². The van der Waals surface area contributed by atoms with E-state index in [0.717, 1.165) is 13.0 Å².